The smallest absolute Gasteiger partial charge is 0.310 e. The van der Waals surface area contributed by atoms with Crippen LogP contribution in [0.15, 0.2) is 11.6 Å². The summed E-state index contributed by atoms with van der Waals surface area (Å²) in [6, 6.07) is 0. The Morgan fingerprint density at radius 1 is 1.19 bits per heavy atom. The average Bonchev–Trinajstić information content (AvgIpc) is 2.99. The molecule has 6 nitrogen and oxygen atoms in total. The third-order valence-corrected chi connectivity index (χ3v) is 10.7. The largest absolute Gasteiger partial charge is 0.481 e. The van der Waals surface area contributed by atoms with Crippen molar-refractivity contribution in [3.05, 3.63) is 11.6 Å². The molecular weight excluding hydrogens is 464 g/mol. The monoisotopic (exact) mass is 496 g/mol. The van der Waals surface area contributed by atoms with Crippen LogP contribution >= 0.6 is 15.9 Å². The van der Waals surface area contributed by atoms with E-state index in [1.165, 1.54) is 7.11 Å². The molecule has 4 rings (SSSR count). The third-order valence-electron chi connectivity index (χ3n) is 9.59. The number of hydrogen-bond donors (Lipinski definition) is 2. The van der Waals surface area contributed by atoms with E-state index in [1.807, 2.05) is 0 Å². The number of fused-ring (bicyclic) bond motifs is 5. The Hall–Kier alpha value is -1.21. The lowest BCUT2D eigenvalue weighted by Gasteiger charge is -2.61. The Labute approximate surface area is 191 Å². The van der Waals surface area contributed by atoms with Crippen LogP contribution in [0.4, 0.5) is 0 Å². The molecule has 4 aliphatic carbocycles. The summed E-state index contributed by atoms with van der Waals surface area (Å²) in [6.45, 7) is 4.33. The van der Waals surface area contributed by atoms with E-state index >= 15 is 0 Å². The van der Waals surface area contributed by atoms with Gasteiger partial charge in [-0.2, -0.15) is 0 Å². The van der Waals surface area contributed by atoms with Gasteiger partial charge < -0.3 is 14.9 Å². The van der Waals surface area contributed by atoms with Crippen LogP contribution in [0.3, 0.4) is 0 Å². The van der Waals surface area contributed by atoms with Crippen molar-refractivity contribution in [2.24, 2.45) is 34.5 Å². The summed E-state index contributed by atoms with van der Waals surface area (Å²) < 4.78 is 5.24. The van der Waals surface area contributed by atoms with Crippen LogP contribution in [-0.2, 0) is 19.1 Å². The van der Waals surface area contributed by atoms with Crippen LogP contribution < -0.4 is 0 Å². The Balaban J connectivity index is 1.78. The Morgan fingerprint density at radius 2 is 1.87 bits per heavy atom. The van der Waals surface area contributed by atoms with Gasteiger partial charge in [-0.25, -0.2) is 0 Å². The second-order valence-electron chi connectivity index (χ2n) is 10.6. The van der Waals surface area contributed by atoms with Gasteiger partial charge in [0, 0.05) is 12.8 Å². The third kappa shape index (κ3) is 3.25. The van der Waals surface area contributed by atoms with Crippen molar-refractivity contribution in [2.45, 2.75) is 75.6 Å². The van der Waals surface area contributed by atoms with Crippen molar-refractivity contribution in [1.82, 2.24) is 0 Å². The summed E-state index contributed by atoms with van der Waals surface area (Å²) in [5.41, 5.74) is -0.628. The van der Waals surface area contributed by atoms with E-state index in [0.29, 0.717) is 12.8 Å². The minimum Gasteiger partial charge on any atom is -0.481 e. The maximum Gasteiger partial charge on any atom is 0.310 e. The number of rotatable bonds is 4. The van der Waals surface area contributed by atoms with Gasteiger partial charge in [0.05, 0.1) is 23.5 Å². The molecule has 3 fully saturated rings. The molecule has 2 unspecified atom stereocenters. The van der Waals surface area contributed by atoms with Crippen LogP contribution in [0.2, 0.25) is 0 Å². The number of esters is 1. The molecule has 0 radical (unpaired) electrons. The molecule has 0 spiro atoms. The summed E-state index contributed by atoms with van der Waals surface area (Å²) in [5.74, 6) is -1.13. The quantitative estimate of drug-likeness (QED) is 0.452. The molecule has 0 aromatic carbocycles. The number of carbonyl (C=O) groups excluding carboxylic acids is 2. The zero-order valence-electron chi connectivity index (χ0n) is 18.5. The molecule has 0 aliphatic heterocycles. The van der Waals surface area contributed by atoms with E-state index in [9.17, 15) is 24.6 Å². The SMILES string of the molecule is COC(=O)C1C(Br)C2=CC(=O)CC[C@]2(C)[C@H]2CC[C@@]3(C)[C@@H](CC[C@]3(O)CCC(=O)O)[C@H]12. The van der Waals surface area contributed by atoms with Crippen LogP contribution in [-0.4, -0.2) is 45.5 Å². The number of carboxylic acids is 1. The molecule has 0 aromatic rings. The van der Waals surface area contributed by atoms with Crippen LogP contribution in [0.25, 0.3) is 0 Å². The molecule has 0 aromatic heterocycles. The number of aliphatic hydroxyl groups is 1. The molecule has 172 valence electrons. The predicted molar refractivity (Wildman–Crippen MR) is 118 cm³/mol. The van der Waals surface area contributed by atoms with E-state index in [4.69, 9.17) is 4.74 Å². The molecule has 0 heterocycles. The lowest BCUT2D eigenvalue weighted by molar-refractivity contribution is -0.168. The van der Waals surface area contributed by atoms with Crippen LogP contribution in [0.5, 0.6) is 0 Å². The standard InChI is InChI=1S/C24H33BrO6/c1-22-8-4-13(26)12-16(22)20(25)19(21(29)31-3)18-14(22)5-9-23(2)15(18)6-10-24(23,30)11-7-17(27)28/h12,14-15,18-20,30H,4-11H2,1-3H3,(H,27,28)/t14-,15-,18+,19?,20?,22+,23-,24-/m0/s1. The summed E-state index contributed by atoms with van der Waals surface area (Å²) in [6.07, 6.45) is 6.22. The topological polar surface area (TPSA) is 101 Å². The number of methoxy groups -OCH3 is 1. The molecular formula is C24H33BrO6. The number of allylic oxidation sites excluding steroid dienone is 1. The molecule has 4 aliphatic rings. The number of ketones is 1. The van der Waals surface area contributed by atoms with Gasteiger partial charge in [-0.1, -0.05) is 29.8 Å². The number of halogens is 1. The van der Waals surface area contributed by atoms with Crippen molar-refractivity contribution in [2.75, 3.05) is 7.11 Å². The van der Waals surface area contributed by atoms with E-state index in [-0.39, 0.29) is 52.6 Å². The highest BCUT2D eigenvalue weighted by atomic mass is 79.9. The summed E-state index contributed by atoms with van der Waals surface area (Å²) >= 11 is 3.79. The lowest BCUT2D eigenvalue weighted by Crippen LogP contribution is -2.60. The van der Waals surface area contributed by atoms with Gasteiger partial charge in [0.25, 0.3) is 0 Å². The molecule has 0 amide bonds. The fourth-order valence-corrected chi connectivity index (χ4v) is 9.03. The second kappa shape index (κ2) is 7.68. The first-order valence-electron chi connectivity index (χ1n) is 11.4. The van der Waals surface area contributed by atoms with E-state index in [1.54, 1.807) is 6.08 Å². The molecule has 0 bridgehead atoms. The van der Waals surface area contributed by atoms with Gasteiger partial charge in [-0.3, -0.25) is 14.4 Å². The zero-order chi connectivity index (χ0) is 22.8. The Bertz CT molecular complexity index is 838. The number of hydrogen-bond acceptors (Lipinski definition) is 5. The first-order chi connectivity index (χ1) is 14.5. The normalized spacial score (nSPS) is 46.4. The number of alkyl halides is 1. The minimum absolute atomic E-state index is 0.0183. The number of ether oxygens (including phenoxy) is 1. The molecule has 7 heteroatoms. The van der Waals surface area contributed by atoms with Crippen molar-refractivity contribution in [1.29, 1.82) is 0 Å². The van der Waals surface area contributed by atoms with Gasteiger partial charge in [-0.05, 0) is 78.8 Å². The molecule has 8 atom stereocenters. The lowest BCUT2D eigenvalue weighted by atomic mass is 9.44. The fourth-order valence-electron chi connectivity index (χ4n) is 7.81. The van der Waals surface area contributed by atoms with Crippen molar-refractivity contribution in [3.8, 4) is 0 Å². The minimum atomic E-state index is -1.04. The van der Waals surface area contributed by atoms with Crippen molar-refractivity contribution in [3.63, 3.8) is 0 Å². The van der Waals surface area contributed by atoms with Gasteiger partial charge in [0.1, 0.15) is 0 Å². The summed E-state index contributed by atoms with van der Waals surface area (Å²) in [7, 11) is 1.41. The highest BCUT2D eigenvalue weighted by Crippen LogP contribution is 2.70. The number of carboxylic acid groups (broad SMARTS) is 1. The van der Waals surface area contributed by atoms with E-state index in [2.05, 4.69) is 29.8 Å². The Kier molecular flexibility index (Phi) is 5.69. The molecule has 3 saturated carbocycles. The van der Waals surface area contributed by atoms with E-state index in [0.717, 1.165) is 31.3 Å². The maximum absolute atomic E-state index is 13.1. The van der Waals surface area contributed by atoms with Crippen LogP contribution in [0.1, 0.15) is 65.2 Å². The van der Waals surface area contributed by atoms with Gasteiger partial charge in [-0.15, -0.1) is 0 Å². The average molecular weight is 497 g/mol. The highest BCUT2D eigenvalue weighted by molar-refractivity contribution is 9.09. The first-order valence-corrected chi connectivity index (χ1v) is 12.3. The van der Waals surface area contributed by atoms with Crippen molar-refractivity contribution < 1.29 is 29.3 Å². The zero-order valence-corrected chi connectivity index (χ0v) is 20.1. The fraction of sp³-hybridized carbons (Fsp3) is 0.792. The van der Waals surface area contributed by atoms with Gasteiger partial charge in [0.2, 0.25) is 0 Å². The number of carbonyl (C=O) groups is 3. The second-order valence-corrected chi connectivity index (χ2v) is 11.6. The van der Waals surface area contributed by atoms with Crippen LogP contribution in [0, 0.1) is 34.5 Å². The predicted octanol–water partition coefficient (Wildman–Crippen LogP) is 3.89. The van der Waals surface area contributed by atoms with Crippen molar-refractivity contribution >= 4 is 33.7 Å². The molecule has 0 saturated heterocycles. The summed E-state index contributed by atoms with van der Waals surface area (Å²) in [4.78, 5) is 36.3. The Morgan fingerprint density at radius 3 is 2.52 bits per heavy atom. The molecule has 2 N–H and O–H groups in total. The molecule has 31 heavy (non-hydrogen) atoms. The maximum atomic E-state index is 13.1. The van der Waals surface area contributed by atoms with E-state index < -0.39 is 22.9 Å². The highest BCUT2D eigenvalue weighted by Gasteiger charge is 2.67. The summed E-state index contributed by atoms with van der Waals surface area (Å²) in [5, 5.41) is 20.8. The van der Waals surface area contributed by atoms with Gasteiger partial charge in [0.15, 0.2) is 5.78 Å². The first kappa shape index (κ1) is 23.0. The van der Waals surface area contributed by atoms with Gasteiger partial charge >= 0.3 is 11.9 Å². The number of aliphatic carboxylic acids is 1.